The summed E-state index contributed by atoms with van der Waals surface area (Å²) >= 11 is 6.02. The molecule has 1 fully saturated rings. The van der Waals surface area contributed by atoms with Crippen LogP contribution in [0.4, 0.5) is 4.39 Å². The van der Waals surface area contributed by atoms with Crippen LogP contribution in [0.15, 0.2) is 52.9 Å². The van der Waals surface area contributed by atoms with E-state index in [0.29, 0.717) is 42.3 Å². The van der Waals surface area contributed by atoms with Crippen LogP contribution in [0, 0.1) is 11.2 Å². The maximum atomic E-state index is 13.2. The average molecular weight is 445 g/mol. The summed E-state index contributed by atoms with van der Waals surface area (Å²) in [5.41, 5.74) is 5.46. The fourth-order valence-electron chi connectivity index (χ4n) is 4.11. The summed E-state index contributed by atoms with van der Waals surface area (Å²) in [4.78, 5) is 26.6. The zero-order valence-corrected chi connectivity index (χ0v) is 17.5. The Morgan fingerprint density at radius 1 is 1.19 bits per heavy atom. The van der Waals surface area contributed by atoms with Crippen molar-refractivity contribution in [3.63, 3.8) is 0 Å². The third-order valence-corrected chi connectivity index (χ3v) is 5.78. The van der Waals surface area contributed by atoms with E-state index < -0.39 is 11.3 Å². The van der Waals surface area contributed by atoms with Gasteiger partial charge in [0.15, 0.2) is 5.76 Å². The van der Waals surface area contributed by atoms with E-state index in [4.69, 9.17) is 26.5 Å². The van der Waals surface area contributed by atoms with E-state index in [9.17, 15) is 14.0 Å². The number of halogens is 2. The topological polar surface area (TPSA) is 85.8 Å². The molecule has 8 heteroatoms. The van der Waals surface area contributed by atoms with Crippen molar-refractivity contribution in [1.82, 2.24) is 4.90 Å². The molecule has 6 nitrogen and oxygen atoms in total. The van der Waals surface area contributed by atoms with Gasteiger partial charge in [0.25, 0.3) is 5.91 Å². The summed E-state index contributed by atoms with van der Waals surface area (Å²) in [5.74, 6) is -0.381. The number of furan rings is 1. The maximum absolute atomic E-state index is 13.2. The third kappa shape index (κ3) is 4.82. The Hall–Kier alpha value is -3.06. The van der Waals surface area contributed by atoms with Gasteiger partial charge >= 0.3 is 0 Å². The molecule has 1 aliphatic rings. The van der Waals surface area contributed by atoms with E-state index in [1.807, 2.05) is 0 Å². The van der Waals surface area contributed by atoms with Crippen LogP contribution in [0.1, 0.15) is 29.8 Å². The van der Waals surface area contributed by atoms with Gasteiger partial charge in [-0.25, -0.2) is 4.39 Å². The SMILES string of the molecule is NC(=O)CC1(COc2ccc(F)cc2)CCCN(C(=O)c2cc3cc(Cl)ccc3o2)C1. The van der Waals surface area contributed by atoms with Crippen LogP contribution in [-0.2, 0) is 4.79 Å². The van der Waals surface area contributed by atoms with Crippen LogP contribution < -0.4 is 10.5 Å². The van der Waals surface area contributed by atoms with Crippen LogP contribution in [0.3, 0.4) is 0 Å². The Bertz CT molecular complexity index is 1110. The lowest BCUT2D eigenvalue weighted by atomic mass is 9.77. The number of primary amides is 1. The molecule has 0 saturated carbocycles. The van der Waals surface area contributed by atoms with Crippen molar-refractivity contribution in [2.24, 2.45) is 11.1 Å². The molecule has 2 heterocycles. The van der Waals surface area contributed by atoms with Crippen LogP contribution >= 0.6 is 11.6 Å². The number of hydrogen-bond acceptors (Lipinski definition) is 4. The van der Waals surface area contributed by atoms with E-state index in [1.165, 1.54) is 24.3 Å². The molecule has 31 heavy (non-hydrogen) atoms. The molecule has 0 aliphatic carbocycles. The van der Waals surface area contributed by atoms with Crippen molar-refractivity contribution in [2.45, 2.75) is 19.3 Å². The Kier molecular flexibility index (Phi) is 5.87. The second-order valence-electron chi connectivity index (χ2n) is 8.01. The quantitative estimate of drug-likeness (QED) is 0.610. The van der Waals surface area contributed by atoms with Gasteiger partial charge in [0, 0.05) is 35.3 Å². The van der Waals surface area contributed by atoms with E-state index >= 15 is 0 Å². The highest BCUT2D eigenvalue weighted by molar-refractivity contribution is 6.31. The summed E-state index contributed by atoms with van der Waals surface area (Å²) in [6.45, 7) is 1.02. The van der Waals surface area contributed by atoms with Crippen molar-refractivity contribution < 1.29 is 23.1 Å². The number of nitrogens with two attached hydrogens (primary N) is 1. The molecule has 2 aromatic carbocycles. The first-order valence-corrected chi connectivity index (χ1v) is 10.4. The second-order valence-corrected chi connectivity index (χ2v) is 8.45. The normalized spacial score (nSPS) is 18.8. The number of likely N-dealkylation sites (tertiary alicyclic amines) is 1. The molecular formula is C23H22ClFN2O4. The fourth-order valence-corrected chi connectivity index (χ4v) is 4.29. The molecule has 0 spiro atoms. The van der Waals surface area contributed by atoms with Crippen molar-refractivity contribution in [1.29, 1.82) is 0 Å². The Morgan fingerprint density at radius 3 is 2.71 bits per heavy atom. The summed E-state index contributed by atoms with van der Waals surface area (Å²) in [6.07, 6.45) is 1.45. The summed E-state index contributed by atoms with van der Waals surface area (Å²) in [7, 11) is 0. The highest BCUT2D eigenvalue weighted by atomic mass is 35.5. The van der Waals surface area contributed by atoms with Gasteiger partial charge in [0.1, 0.15) is 17.1 Å². The first-order chi connectivity index (χ1) is 14.8. The number of piperidine rings is 1. The largest absolute Gasteiger partial charge is 0.493 e. The molecule has 3 aromatic rings. The van der Waals surface area contributed by atoms with Gasteiger partial charge in [0.05, 0.1) is 6.61 Å². The van der Waals surface area contributed by atoms with Gasteiger partial charge in [-0.1, -0.05) is 11.6 Å². The maximum Gasteiger partial charge on any atom is 0.289 e. The number of ether oxygens (including phenoxy) is 1. The fraction of sp³-hybridized carbons (Fsp3) is 0.304. The molecule has 162 valence electrons. The van der Waals surface area contributed by atoms with Gasteiger partial charge in [-0.2, -0.15) is 0 Å². The average Bonchev–Trinajstić information content (AvgIpc) is 3.15. The Morgan fingerprint density at radius 2 is 1.97 bits per heavy atom. The molecule has 1 saturated heterocycles. The number of hydrogen-bond donors (Lipinski definition) is 1. The van der Waals surface area contributed by atoms with E-state index in [-0.39, 0.29) is 30.5 Å². The van der Waals surface area contributed by atoms with Crippen LogP contribution in [0.2, 0.25) is 5.02 Å². The van der Waals surface area contributed by atoms with Crippen LogP contribution in [-0.4, -0.2) is 36.4 Å². The van der Waals surface area contributed by atoms with Crippen molar-refractivity contribution in [2.75, 3.05) is 19.7 Å². The number of fused-ring (bicyclic) bond motifs is 1. The minimum atomic E-state index is -0.635. The highest BCUT2D eigenvalue weighted by Gasteiger charge is 2.40. The minimum absolute atomic E-state index is 0.0771. The lowest BCUT2D eigenvalue weighted by molar-refractivity contribution is -0.122. The number of carbonyl (C=O) groups excluding carboxylic acids is 2. The van der Waals surface area contributed by atoms with Gasteiger partial charge in [-0.05, 0) is 61.4 Å². The van der Waals surface area contributed by atoms with E-state index in [1.54, 1.807) is 29.2 Å². The van der Waals surface area contributed by atoms with Crippen LogP contribution in [0.25, 0.3) is 11.0 Å². The lowest BCUT2D eigenvalue weighted by Gasteiger charge is -2.41. The molecule has 2 amide bonds. The summed E-state index contributed by atoms with van der Waals surface area (Å²) in [5, 5.41) is 1.31. The van der Waals surface area contributed by atoms with Gasteiger partial charge in [0.2, 0.25) is 5.91 Å². The molecular weight excluding hydrogens is 423 g/mol. The van der Waals surface area contributed by atoms with E-state index in [0.717, 1.165) is 5.39 Å². The number of amides is 2. The number of carbonyl (C=O) groups is 2. The predicted molar refractivity (Wildman–Crippen MR) is 115 cm³/mol. The predicted octanol–water partition coefficient (Wildman–Crippen LogP) is 4.40. The third-order valence-electron chi connectivity index (χ3n) is 5.55. The minimum Gasteiger partial charge on any atom is -0.493 e. The van der Waals surface area contributed by atoms with E-state index in [2.05, 4.69) is 0 Å². The second kappa shape index (κ2) is 8.59. The monoisotopic (exact) mass is 444 g/mol. The number of benzene rings is 2. The van der Waals surface area contributed by atoms with Crippen molar-refractivity contribution in [3.8, 4) is 5.75 Å². The lowest BCUT2D eigenvalue weighted by Crippen LogP contribution is -2.50. The van der Waals surface area contributed by atoms with Gasteiger partial charge < -0.3 is 19.8 Å². The summed E-state index contributed by atoms with van der Waals surface area (Å²) in [6, 6.07) is 12.5. The van der Waals surface area contributed by atoms with Crippen LogP contribution in [0.5, 0.6) is 5.75 Å². The molecule has 1 aliphatic heterocycles. The van der Waals surface area contributed by atoms with Gasteiger partial charge in [-0.3, -0.25) is 9.59 Å². The molecule has 2 N–H and O–H groups in total. The molecule has 0 radical (unpaired) electrons. The standard InChI is InChI=1S/C23H22ClFN2O4/c24-16-2-7-19-15(10-16)11-20(31-19)22(29)27-9-1-8-23(13-27,12-21(26)28)14-30-18-5-3-17(25)4-6-18/h2-7,10-11H,1,8-9,12-14H2,(H2,26,28). The Balaban J connectivity index is 1.53. The van der Waals surface area contributed by atoms with Crippen molar-refractivity contribution in [3.05, 3.63) is 65.1 Å². The molecule has 1 aromatic heterocycles. The first-order valence-electron chi connectivity index (χ1n) is 9.99. The molecule has 1 unspecified atom stereocenters. The zero-order chi connectivity index (χ0) is 22.0. The molecule has 4 rings (SSSR count). The highest BCUT2D eigenvalue weighted by Crippen LogP contribution is 2.35. The molecule has 0 bridgehead atoms. The first kappa shape index (κ1) is 21.2. The smallest absolute Gasteiger partial charge is 0.289 e. The summed E-state index contributed by atoms with van der Waals surface area (Å²) < 4.78 is 24.7. The Labute approximate surface area is 183 Å². The number of rotatable bonds is 6. The number of nitrogens with zero attached hydrogens (tertiary/aromatic N) is 1. The molecule has 1 atom stereocenters. The van der Waals surface area contributed by atoms with Gasteiger partial charge in [-0.15, -0.1) is 0 Å². The van der Waals surface area contributed by atoms with Crippen molar-refractivity contribution >= 4 is 34.4 Å². The zero-order valence-electron chi connectivity index (χ0n) is 16.8.